The van der Waals surface area contributed by atoms with Crippen LogP contribution < -0.4 is 5.32 Å². The van der Waals surface area contributed by atoms with Crippen molar-refractivity contribution in [3.05, 3.63) is 64.1 Å². The molecule has 4 rings (SSSR count). The standard InChI is InChI=1S/C22H23Cl2N3O2/c23-17-12-18(24)14-19(13-17)25-21(28)20(15-4-2-1-3-5-15)26-8-10-27(11-9-26)22(29)16-6-7-16/h1-5,12-14,16,20H,6-11H2,(H,25,28)/t20-/m0/s1. The highest BCUT2D eigenvalue weighted by molar-refractivity contribution is 6.35. The monoisotopic (exact) mass is 431 g/mol. The molecule has 2 fully saturated rings. The van der Waals surface area contributed by atoms with Crippen molar-refractivity contribution in [2.45, 2.75) is 18.9 Å². The van der Waals surface area contributed by atoms with E-state index < -0.39 is 6.04 Å². The quantitative estimate of drug-likeness (QED) is 0.770. The largest absolute Gasteiger partial charge is 0.340 e. The zero-order chi connectivity index (χ0) is 20.4. The Bertz CT molecular complexity index is 874. The van der Waals surface area contributed by atoms with E-state index in [0.29, 0.717) is 41.9 Å². The molecule has 5 nitrogen and oxygen atoms in total. The minimum atomic E-state index is -0.452. The molecule has 0 unspecified atom stereocenters. The fourth-order valence-corrected chi connectivity index (χ4v) is 4.31. The Balaban J connectivity index is 1.51. The van der Waals surface area contributed by atoms with Crippen molar-refractivity contribution in [1.29, 1.82) is 0 Å². The highest BCUT2D eigenvalue weighted by Gasteiger charge is 2.37. The van der Waals surface area contributed by atoms with Gasteiger partial charge in [-0.3, -0.25) is 14.5 Å². The summed E-state index contributed by atoms with van der Waals surface area (Å²) < 4.78 is 0. The molecule has 1 saturated heterocycles. The topological polar surface area (TPSA) is 52.7 Å². The summed E-state index contributed by atoms with van der Waals surface area (Å²) in [4.78, 5) is 29.7. The van der Waals surface area contributed by atoms with E-state index in [0.717, 1.165) is 18.4 Å². The van der Waals surface area contributed by atoms with Gasteiger partial charge in [-0.15, -0.1) is 0 Å². The van der Waals surface area contributed by atoms with Crippen molar-refractivity contribution < 1.29 is 9.59 Å². The number of benzene rings is 2. The van der Waals surface area contributed by atoms with E-state index >= 15 is 0 Å². The van der Waals surface area contributed by atoms with Crippen LogP contribution in [0.4, 0.5) is 5.69 Å². The van der Waals surface area contributed by atoms with Crippen molar-refractivity contribution >= 4 is 40.7 Å². The lowest BCUT2D eigenvalue weighted by atomic mass is 10.0. The molecule has 1 N–H and O–H groups in total. The van der Waals surface area contributed by atoms with Crippen LogP contribution in [0.15, 0.2) is 48.5 Å². The maximum Gasteiger partial charge on any atom is 0.246 e. The summed E-state index contributed by atoms with van der Waals surface area (Å²) in [5.74, 6) is 0.345. The van der Waals surface area contributed by atoms with Gasteiger partial charge in [-0.1, -0.05) is 53.5 Å². The first-order chi connectivity index (χ1) is 14.0. The van der Waals surface area contributed by atoms with E-state index in [9.17, 15) is 9.59 Å². The molecule has 2 aromatic rings. The van der Waals surface area contributed by atoms with Crippen LogP contribution in [0.2, 0.25) is 10.0 Å². The fraction of sp³-hybridized carbons (Fsp3) is 0.364. The van der Waals surface area contributed by atoms with E-state index in [-0.39, 0.29) is 17.7 Å². The summed E-state index contributed by atoms with van der Waals surface area (Å²) in [6.45, 7) is 2.60. The number of piperazine rings is 1. The lowest BCUT2D eigenvalue weighted by molar-refractivity contribution is -0.135. The molecule has 1 aliphatic heterocycles. The number of nitrogens with zero attached hydrogens (tertiary/aromatic N) is 2. The lowest BCUT2D eigenvalue weighted by Crippen LogP contribution is -2.52. The number of hydrogen-bond donors (Lipinski definition) is 1. The molecule has 2 amide bonds. The first kappa shape index (κ1) is 20.2. The third-order valence-electron chi connectivity index (χ3n) is 5.41. The number of nitrogens with one attached hydrogen (secondary N) is 1. The first-order valence-electron chi connectivity index (χ1n) is 9.86. The average Bonchev–Trinajstić information content (AvgIpc) is 3.53. The summed E-state index contributed by atoms with van der Waals surface area (Å²) >= 11 is 12.1. The Labute approximate surface area is 180 Å². The van der Waals surface area contributed by atoms with Crippen LogP contribution in [0.25, 0.3) is 0 Å². The van der Waals surface area contributed by atoms with Crippen LogP contribution in [-0.2, 0) is 9.59 Å². The van der Waals surface area contributed by atoms with Gasteiger partial charge in [-0.2, -0.15) is 0 Å². The van der Waals surface area contributed by atoms with Crippen molar-refractivity contribution in [2.24, 2.45) is 5.92 Å². The Morgan fingerprint density at radius 2 is 1.55 bits per heavy atom. The van der Waals surface area contributed by atoms with E-state index in [4.69, 9.17) is 23.2 Å². The van der Waals surface area contributed by atoms with Crippen LogP contribution in [0.1, 0.15) is 24.4 Å². The highest BCUT2D eigenvalue weighted by atomic mass is 35.5. The SMILES string of the molecule is O=C(Nc1cc(Cl)cc(Cl)c1)[C@H](c1ccccc1)N1CCN(C(=O)C2CC2)CC1. The van der Waals surface area contributed by atoms with Gasteiger partial charge in [0.2, 0.25) is 11.8 Å². The van der Waals surface area contributed by atoms with Gasteiger partial charge in [0.05, 0.1) is 0 Å². The van der Waals surface area contributed by atoms with Gasteiger partial charge in [-0.25, -0.2) is 0 Å². The van der Waals surface area contributed by atoms with Crippen molar-refractivity contribution in [3.63, 3.8) is 0 Å². The highest BCUT2D eigenvalue weighted by Crippen LogP contribution is 2.32. The fourth-order valence-electron chi connectivity index (χ4n) is 3.79. The van der Waals surface area contributed by atoms with Crippen molar-refractivity contribution in [3.8, 4) is 0 Å². The second-order valence-corrected chi connectivity index (χ2v) is 8.47. The van der Waals surface area contributed by atoms with Gasteiger partial charge in [0.1, 0.15) is 6.04 Å². The molecule has 0 aromatic heterocycles. The van der Waals surface area contributed by atoms with E-state index in [2.05, 4.69) is 10.2 Å². The smallest absolute Gasteiger partial charge is 0.246 e. The van der Waals surface area contributed by atoms with Crippen LogP contribution >= 0.6 is 23.2 Å². The van der Waals surface area contributed by atoms with Gasteiger partial charge in [0.15, 0.2) is 0 Å². The number of carbonyl (C=O) groups is 2. The minimum Gasteiger partial charge on any atom is -0.340 e. The van der Waals surface area contributed by atoms with E-state index in [1.165, 1.54) is 0 Å². The molecular formula is C22H23Cl2N3O2. The molecular weight excluding hydrogens is 409 g/mol. The van der Waals surface area contributed by atoms with Crippen LogP contribution in [0.3, 0.4) is 0 Å². The van der Waals surface area contributed by atoms with Gasteiger partial charge in [0.25, 0.3) is 0 Å². The molecule has 1 atom stereocenters. The lowest BCUT2D eigenvalue weighted by Gasteiger charge is -2.39. The van der Waals surface area contributed by atoms with Crippen molar-refractivity contribution in [1.82, 2.24) is 9.80 Å². The van der Waals surface area contributed by atoms with E-state index in [1.807, 2.05) is 35.2 Å². The van der Waals surface area contributed by atoms with E-state index in [1.54, 1.807) is 18.2 Å². The summed E-state index contributed by atoms with van der Waals surface area (Å²) in [7, 11) is 0. The number of amides is 2. The Hall–Kier alpha value is -2.08. The minimum absolute atomic E-state index is 0.142. The summed E-state index contributed by atoms with van der Waals surface area (Å²) in [6.07, 6.45) is 2.02. The molecule has 1 saturated carbocycles. The Kier molecular flexibility index (Phi) is 6.09. The predicted molar refractivity (Wildman–Crippen MR) is 115 cm³/mol. The average molecular weight is 432 g/mol. The molecule has 1 heterocycles. The molecule has 0 spiro atoms. The Morgan fingerprint density at radius 1 is 0.931 bits per heavy atom. The third-order valence-corrected chi connectivity index (χ3v) is 5.85. The Morgan fingerprint density at radius 3 is 2.14 bits per heavy atom. The van der Waals surface area contributed by atoms with Crippen LogP contribution in [0, 0.1) is 5.92 Å². The van der Waals surface area contributed by atoms with Crippen molar-refractivity contribution in [2.75, 3.05) is 31.5 Å². The number of rotatable bonds is 5. The summed E-state index contributed by atoms with van der Waals surface area (Å²) in [6, 6.07) is 14.2. The normalized spacial score (nSPS) is 18.3. The molecule has 2 aliphatic rings. The molecule has 7 heteroatoms. The van der Waals surface area contributed by atoms with Gasteiger partial charge < -0.3 is 10.2 Å². The maximum atomic E-state index is 13.2. The maximum absolute atomic E-state index is 13.2. The van der Waals surface area contributed by atoms with Gasteiger partial charge in [0, 0.05) is 47.8 Å². The van der Waals surface area contributed by atoms with Gasteiger partial charge in [-0.05, 0) is 36.6 Å². The first-order valence-corrected chi connectivity index (χ1v) is 10.6. The third kappa shape index (κ3) is 4.92. The molecule has 152 valence electrons. The van der Waals surface area contributed by atoms with Crippen LogP contribution in [-0.4, -0.2) is 47.8 Å². The predicted octanol–water partition coefficient (Wildman–Crippen LogP) is 4.23. The second kappa shape index (κ2) is 8.74. The number of carbonyl (C=O) groups excluding carboxylic acids is 2. The summed E-state index contributed by atoms with van der Waals surface area (Å²) in [5.41, 5.74) is 1.48. The second-order valence-electron chi connectivity index (χ2n) is 7.60. The summed E-state index contributed by atoms with van der Waals surface area (Å²) in [5, 5.41) is 3.89. The molecule has 2 aromatic carbocycles. The zero-order valence-corrected chi connectivity index (χ0v) is 17.5. The van der Waals surface area contributed by atoms with Gasteiger partial charge >= 0.3 is 0 Å². The zero-order valence-electron chi connectivity index (χ0n) is 16.0. The molecule has 0 bridgehead atoms. The molecule has 0 radical (unpaired) electrons. The number of hydrogen-bond acceptors (Lipinski definition) is 3. The number of anilines is 1. The molecule has 29 heavy (non-hydrogen) atoms. The van der Waals surface area contributed by atoms with Crippen LogP contribution in [0.5, 0.6) is 0 Å². The number of halogens is 2. The molecule has 1 aliphatic carbocycles.